The standard InChI is InChI=1S/C25H24N4O5/c1-16(24(31)32)27-22(30)14-11-18-9-12-20(13-10-18)21-15-26-29(3)23(21)28-25(33)34-17(2)19-7-5-4-6-8-19/h4-10,12-13,15-17H,1-3H3,(H,27,30)(H,28,33)(H,31,32). The highest BCUT2D eigenvalue weighted by Crippen LogP contribution is 2.28. The van der Waals surface area contributed by atoms with Crippen molar-refractivity contribution in [2.24, 2.45) is 7.05 Å². The van der Waals surface area contributed by atoms with Crippen molar-refractivity contribution in [3.8, 4) is 23.0 Å². The number of carbonyl (C=O) groups excluding carboxylic acids is 2. The normalized spacial score (nSPS) is 12.0. The number of carbonyl (C=O) groups is 3. The van der Waals surface area contributed by atoms with Crippen LogP contribution in [0.3, 0.4) is 0 Å². The summed E-state index contributed by atoms with van der Waals surface area (Å²) in [4.78, 5) is 35.0. The van der Waals surface area contributed by atoms with Crippen LogP contribution in [0.5, 0.6) is 0 Å². The molecule has 2 atom stereocenters. The Balaban J connectivity index is 1.69. The number of aryl methyl sites for hydroxylation is 1. The molecule has 34 heavy (non-hydrogen) atoms. The Morgan fingerprint density at radius 2 is 1.74 bits per heavy atom. The predicted molar refractivity (Wildman–Crippen MR) is 126 cm³/mol. The van der Waals surface area contributed by atoms with E-state index in [1.54, 1.807) is 44.4 Å². The van der Waals surface area contributed by atoms with Gasteiger partial charge in [-0.2, -0.15) is 5.10 Å². The van der Waals surface area contributed by atoms with Crippen molar-refractivity contribution in [2.45, 2.75) is 26.0 Å². The minimum Gasteiger partial charge on any atom is -0.480 e. The van der Waals surface area contributed by atoms with Crippen LogP contribution in [0.1, 0.15) is 31.1 Å². The van der Waals surface area contributed by atoms with Gasteiger partial charge in [-0.05, 0) is 37.1 Å². The summed E-state index contributed by atoms with van der Waals surface area (Å²) in [5.74, 6) is 3.70. The van der Waals surface area contributed by atoms with E-state index in [0.29, 0.717) is 16.9 Å². The number of rotatable bonds is 6. The summed E-state index contributed by atoms with van der Waals surface area (Å²) < 4.78 is 7.02. The van der Waals surface area contributed by atoms with Gasteiger partial charge in [-0.15, -0.1) is 0 Å². The van der Waals surface area contributed by atoms with Crippen LogP contribution in [0.4, 0.5) is 10.6 Å². The molecule has 0 aliphatic carbocycles. The molecule has 3 N–H and O–H groups in total. The molecule has 3 rings (SSSR count). The number of anilines is 1. The van der Waals surface area contributed by atoms with Gasteiger partial charge in [0.05, 0.1) is 6.20 Å². The third kappa shape index (κ3) is 6.23. The molecule has 0 fully saturated rings. The second kappa shape index (κ2) is 10.8. The Hall–Kier alpha value is -4.58. The molecule has 1 aromatic heterocycles. The largest absolute Gasteiger partial charge is 0.480 e. The number of ether oxygens (including phenoxy) is 1. The van der Waals surface area contributed by atoms with Gasteiger partial charge in [0.25, 0.3) is 5.91 Å². The van der Waals surface area contributed by atoms with E-state index in [4.69, 9.17) is 9.84 Å². The van der Waals surface area contributed by atoms with E-state index < -0.39 is 30.1 Å². The zero-order valence-electron chi connectivity index (χ0n) is 18.9. The quantitative estimate of drug-likeness (QED) is 0.485. The molecule has 1 heterocycles. The fourth-order valence-electron chi connectivity index (χ4n) is 3.03. The first-order valence-corrected chi connectivity index (χ1v) is 10.4. The second-order valence-corrected chi connectivity index (χ2v) is 7.47. The zero-order valence-corrected chi connectivity index (χ0v) is 18.9. The van der Waals surface area contributed by atoms with Crippen LogP contribution < -0.4 is 10.6 Å². The van der Waals surface area contributed by atoms with Gasteiger partial charge in [0.2, 0.25) is 0 Å². The van der Waals surface area contributed by atoms with Crippen LogP contribution in [0.25, 0.3) is 11.1 Å². The molecular formula is C25H24N4O5. The first kappa shape index (κ1) is 24.1. The predicted octanol–water partition coefficient (Wildman–Crippen LogP) is 3.34. The number of hydrogen-bond acceptors (Lipinski definition) is 5. The molecule has 0 saturated heterocycles. The number of carboxylic acid groups (broad SMARTS) is 1. The van der Waals surface area contributed by atoms with Gasteiger partial charge in [0.15, 0.2) is 0 Å². The summed E-state index contributed by atoms with van der Waals surface area (Å²) in [6.07, 6.45) is 0.592. The fraction of sp³-hybridized carbons (Fsp3) is 0.200. The molecule has 174 valence electrons. The van der Waals surface area contributed by atoms with Crippen molar-refractivity contribution in [1.82, 2.24) is 15.1 Å². The molecule has 2 unspecified atom stereocenters. The number of amides is 2. The van der Waals surface area contributed by atoms with Gasteiger partial charge < -0.3 is 15.2 Å². The number of hydrogen-bond donors (Lipinski definition) is 3. The van der Waals surface area contributed by atoms with Gasteiger partial charge in [-0.25, -0.2) is 4.79 Å². The number of nitrogens with zero attached hydrogens (tertiary/aromatic N) is 2. The summed E-state index contributed by atoms with van der Waals surface area (Å²) in [6, 6.07) is 15.4. The molecule has 0 saturated carbocycles. The first-order valence-electron chi connectivity index (χ1n) is 10.4. The number of nitrogens with one attached hydrogen (secondary N) is 2. The molecule has 9 nitrogen and oxygen atoms in total. The second-order valence-electron chi connectivity index (χ2n) is 7.47. The lowest BCUT2D eigenvalue weighted by Crippen LogP contribution is -2.37. The van der Waals surface area contributed by atoms with Gasteiger partial charge in [0.1, 0.15) is 18.0 Å². The highest BCUT2D eigenvalue weighted by molar-refractivity contribution is 5.96. The van der Waals surface area contributed by atoms with Gasteiger partial charge in [-0.3, -0.25) is 19.6 Å². The number of aromatic nitrogens is 2. The Morgan fingerprint density at radius 1 is 1.06 bits per heavy atom. The van der Waals surface area contributed by atoms with Crippen LogP contribution in [-0.4, -0.2) is 38.9 Å². The SMILES string of the molecule is CC(NC(=O)C#Cc1ccc(-c2cnn(C)c2NC(=O)OC(C)c2ccccc2)cc1)C(=O)O. The van der Waals surface area contributed by atoms with Crippen molar-refractivity contribution in [1.29, 1.82) is 0 Å². The van der Waals surface area contributed by atoms with Crippen LogP contribution >= 0.6 is 0 Å². The van der Waals surface area contributed by atoms with E-state index in [9.17, 15) is 14.4 Å². The van der Waals surface area contributed by atoms with Gasteiger partial charge >= 0.3 is 12.1 Å². The Bertz CT molecular complexity index is 1240. The Kier molecular flexibility index (Phi) is 7.67. The summed E-state index contributed by atoms with van der Waals surface area (Å²) >= 11 is 0. The van der Waals surface area contributed by atoms with E-state index >= 15 is 0 Å². The van der Waals surface area contributed by atoms with Crippen molar-refractivity contribution >= 4 is 23.8 Å². The van der Waals surface area contributed by atoms with Crippen molar-refractivity contribution in [2.75, 3.05) is 5.32 Å². The third-order valence-electron chi connectivity index (χ3n) is 4.95. The molecule has 2 aromatic carbocycles. The highest BCUT2D eigenvalue weighted by atomic mass is 16.6. The first-order chi connectivity index (χ1) is 16.2. The minimum atomic E-state index is -1.14. The van der Waals surface area contributed by atoms with Gasteiger partial charge in [-0.1, -0.05) is 48.4 Å². The Morgan fingerprint density at radius 3 is 2.38 bits per heavy atom. The molecule has 2 amide bonds. The van der Waals surface area contributed by atoms with E-state index in [0.717, 1.165) is 11.1 Å². The lowest BCUT2D eigenvalue weighted by Gasteiger charge is -2.15. The lowest BCUT2D eigenvalue weighted by atomic mass is 10.1. The smallest absolute Gasteiger partial charge is 0.413 e. The molecule has 0 spiro atoms. The molecule has 0 bridgehead atoms. The maximum absolute atomic E-state index is 12.5. The minimum absolute atomic E-state index is 0.425. The highest BCUT2D eigenvalue weighted by Gasteiger charge is 2.17. The maximum Gasteiger partial charge on any atom is 0.413 e. The average Bonchev–Trinajstić information content (AvgIpc) is 3.18. The van der Waals surface area contributed by atoms with E-state index in [1.165, 1.54) is 11.6 Å². The van der Waals surface area contributed by atoms with Crippen LogP contribution in [0.2, 0.25) is 0 Å². The van der Waals surface area contributed by atoms with E-state index in [1.807, 2.05) is 30.3 Å². The van der Waals surface area contributed by atoms with Crippen molar-refractivity contribution in [3.05, 3.63) is 71.9 Å². The topological polar surface area (TPSA) is 123 Å². The number of benzene rings is 2. The number of carboxylic acids is 1. The molecular weight excluding hydrogens is 436 g/mol. The zero-order chi connectivity index (χ0) is 24.7. The van der Waals surface area contributed by atoms with E-state index in [-0.39, 0.29) is 0 Å². The summed E-state index contributed by atoms with van der Waals surface area (Å²) in [5.41, 5.74) is 2.90. The Labute approximate surface area is 196 Å². The van der Waals surface area contributed by atoms with Gasteiger partial charge in [0, 0.05) is 24.1 Å². The molecule has 0 radical (unpaired) electrons. The number of aliphatic carboxylic acids is 1. The van der Waals surface area contributed by atoms with E-state index in [2.05, 4.69) is 27.6 Å². The lowest BCUT2D eigenvalue weighted by molar-refractivity contribution is -0.140. The van der Waals surface area contributed by atoms with Crippen LogP contribution in [0.15, 0.2) is 60.8 Å². The fourth-order valence-corrected chi connectivity index (χ4v) is 3.03. The molecule has 0 aliphatic heterocycles. The summed E-state index contributed by atoms with van der Waals surface area (Å²) in [5, 5.41) is 18.1. The average molecular weight is 460 g/mol. The van der Waals surface area contributed by atoms with Crippen LogP contribution in [0, 0.1) is 11.8 Å². The summed E-state index contributed by atoms with van der Waals surface area (Å²) in [6.45, 7) is 3.15. The molecule has 9 heteroatoms. The monoisotopic (exact) mass is 460 g/mol. The maximum atomic E-state index is 12.5. The molecule has 0 aliphatic rings. The van der Waals surface area contributed by atoms with Crippen molar-refractivity contribution < 1.29 is 24.2 Å². The summed E-state index contributed by atoms with van der Waals surface area (Å²) in [7, 11) is 1.70. The molecule has 3 aromatic rings. The third-order valence-corrected chi connectivity index (χ3v) is 4.95. The van der Waals surface area contributed by atoms with Crippen LogP contribution in [-0.2, 0) is 21.4 Å². The van der Waals surface area contributed by atoms with Crippen molar-refractivity contribution in [3.63, 3.8) is 0 Å².